The predicted molar refractivity (Wildman–Crippen MR) is 74.4 cm³/mol. The summed E-state index contributed by atoms with van der Waals surface area (Å²) < 4.78 is 0. The van der Waals surface area contributed by atoms with Crippen LogP contribution in [0.1, 0.15) is 25.5 Å². The van der Waals surface area contributed by atoms with Crippen LogP contribution < -0.4 is 5.32 Å². The van der Waals surface area contributed by atoms with Crippen molar-refractivity contribution < 1.29 is 5.11 Å². The fourth-order valence-corrected chi connectivity index (χ4v) is 1.98. The van der Waals surface area contributed by atoms with Crippen molar-refractivity contribution in [2.45, 2.75) is 19.9 Å². The molecule has 1 aromatic heterocycles. The van der Waals surface area contributed by atoms with Crippen LogP contribution in [0.5, 0.6) is 0 Å². The number of aliphatic hydroxyl groups excluding tert-OH is 1. The van der Waals surface area contributed by atoms with Gasteiger partial charge in [-0.05, 0) is 36.2 Å². The Kier molecular flexibility index (Phi) is 4.28. The normalized spacial score (nSPS) is 13.1. The van der Waals surface area contributed by atoms with Gasteiger partial charge < -0.3 is 10.4 Å². The van der Waals surface area contributed by atoms with E-state index in [9.17, 15) is 5.11 Å². The molecule has 0 bridgehead atoms. The SMILES string of the molecule is CC(C)CNC(CO)c1ccc2ncccc2c1. The van der Waals surface area contributed by atoms with Crippen LogP contribution in [0.25, 0.3) is 10.9 Å². The van der Waals surface area contributed by atoms with Gasteiger partial charge in [0.25, 0.3) is 0 Å². The zero-order valence-corrected chi connectivity index (χ0v) is 10.9. The van der Waals surface area contributed by atoms with Gasteiger partial charge in [-0.2, -0.15) is 0 Å². The second-order valence-electron chi connectivity index (χ2n) is 4.99. The minimum absolute atomic E-state index is 0.00277. The molecule has 2 rings (SSSR count). The fraction of sp³-hybridized carbons (Fsp3) is 0.400. The first kappa shape index (κ1) is 13.0. The molecule has 3 heteroatoms. The van der Waals surface area contributed by atoms with Crippen molar-refractivity contribution in [3.8, 4) is 0 Å². The largest absolute Gasteiger partial charge is 0.394 e. The van der Waals surface area contributed by atoms with E-state index in [1.807, 2.05) is 24.3 Å². The van der Waals surface area contributed by atoms with Crippen molar-refractivity contribution in [2.75, 3.05) is 13.2 Å². The Morgan fingerprint density at radius 2 is 2.11 bits per heavy atom. The molecule has 18 heavy (non-hydrogen) atoms. The van der Waals surface area contributed by atoms with Crippen molar-refractivity contribution >= 4 is 10.9 Å². The Balaban J connectivity index is 2.22. The third kappa shape index (κ3) is 3.06. The van der Waals surface area contributed by atoms with Gasteiger partial charge in [0.2, 0.25) is 0 Å². The Bertz CT molecular complexity index is 511. The molecule has 1 unspecified atom stereocenters. The number of nitrogens with one attached hydrogen (secondary N) is 1. The Morgan fingerprint density at radius 1 is 1.28 bits per heavy atom. The summed E-state index contributed by atoms with van der Waals surface area (Å²) in [5.41, 5.74) is 2.10. The Morgan fingerprint density at radius 3 is 2.83 bits per heavy atom. The van der Waals surface area contributed by atoms with Crippen LogP contribution >= 0.6 is 0 Å². The molecule has 2 N–H and O–H groups in total. The van der Waals surface area contributed by atoms with Gasteiger partial charge in [0, 0.05) is 11.6 Å². The second-order valence-corrected chi connectivity index (χ2v) is 4.99. The number of rotatable bonds is 5. The number of benzene rings is 1. The molecule has 1 atom stereocenters. The first-order valence-corrected chi connectivity index (χ1v) is 6.39. The summed E-state index contributed by atoms with van der Waals surface area (Å²) in [6, 6.07) is 10.1. The van der Waals surface area contributed by atoms with E-state index >= 15 is 0 Å². The maximum absolute atomic E-state index is 9.49. The van der Waals surface area contributed by atoms with E-state index in [0.29, 0.717) is 5.92 Å². The van der Waals surface area contributed by atoms with Crippen molar-refractivity contribution in [3.05, 3.63) is 42.1 Å². The van der Waals surface area contributed by atoms with E-state index in [0.717, 1.165) is 23.0 Å². The highest BCUT2D eigenvalue weighted by Gasteiger charge is 2.10. The molecule has 0 saturated carbocycles. The highest BCUT2D eigenvalue weighted by atomic mass is 16.3. The van der Waals surface area contributed by atoms with Crippen molar-refractivity contribution in [3.63, 3.8) is 0 Å². The molecule has 0 saturated heterocycles. The topological polar surface area (TPSA) is 45.1 Å². The lowest BCUT2D eigenvalue weighted by atomic mass is 10.0. The lowest BCUT2D eigenvalue weighted by molar-refractivity contribution is 0.241. The minimum atomic E-state index is -0.00277. The molecule has 0 fully saturated rings. The molecular formula is C15H20N2O. The van der Waals surface area contributed by atoms with E-state index in [1.54, 1.807) is 6.20 Å². The van der Waals surface area contributed by atoms with E-state index in [-0.39, 0.29) is 12.6 Å². The summed E-state index contributed by atoms with van der Waals surface area (Å²) in [5.74, 6) is 0.571. The molecular weight excluding hydrogens is 224 g/mol. The van der Waals surface area contributed by atoms with Crippen LogP contribution in [0.4, 0.5) is 0 Å². The quantitative estimate of drug-likeness (QED) is 0.849. The monoisotopic (exact) mass is 244 g/mol. The number of pyridine rings is 1. The molecule has 0 aliphatic carbocycles. The number of aromatic nitrogens is 1. The van der Waals surface area contributed by atoms with Gasteiger partial charge in [-0.3, -0.25) is 4.98 Å². The summed E-state index contributed by atoms with van der Waals surface area (Å²) in [4.78, 5) is 4.30. The standard InChI is InChI=1S/C15H20N2O/c1-11(2)9-17-15(10-18)13-5-6-14-12(8-13)4-3-7-16-14/h3-8,11,15,17-18H,9-10H2,1-2H3. The molecule has 0 radical (unpaired) electrons. The lowest BCUT2D eigenvalue weighted by Crippen LogP contribution is -2.27. The van der Waals surface area contributed by atoms with Gasteiger partial charge >= 0.3 is 0 Å². The molecule has 3 nitrogen and oxygen atoms in total. The average molecular weight is 244 g/mol. The smallest absolute Gasteiger partial charge is 0.0702 e. The van der Waals surface area contributed by atoms with Crippen LogP contribution in [0.15, 0.2) is 36.5 Å². The van der Waals surface area contributed by atoms with E-state index in [2.05, 4.69) is 30.2 Å². The first-order valence-electron chi connectivity index (χ1n) is 6.39. The predicted octanol–water partition coefficient (Wildman–Crippen LogP) is 2.51. The summed E-state index contributed by atoms with van der Waals surface area (Å²) in [6.45, 7) is 5.33. The second kappa shape index (κ2) is 5.94. The number of hydrogen-bond donors (Lipinski definition) is 2. The van der Waals surface area contributed by atoms with Crippen LogP contribution in [-0.2, 0) is 0 Å². The van der Waals surface area contributed by atoms with Gasteiger partial charge in [0.05, 0.1) is 18.2 Å². The highest BCUT2D eigenvalue weighted by Crippen LogP contribution is 2.19. The van der Waals surface area contributed by atoms with Crippen LogP contribution in [0.2, 0.25) is 0 Å². The molecule has 0 aliphatic heterocycles. The molecule has 2 aromatic rings. The van der Waals surface area contributed by atoms with Gasteiger partial charge in [-0.1, -0.05) is 26.0 Å². The third-order valence-electron chi connectivity index (χ3n) is 2.98. The Hall–Kier alpha value is -1.45. The molecule has 0 aliphatic rings. The number of fused-ring (bicyclic) bond motifs is 1. The van der Waals surface area contributed by atoms with E-state index in [1.165, 1.54) is 0 Å². The molecule has 1 heterocycles. The van der Waals surface area contributed by atoms with Crippen LogP contribution in [-0.4, -0.2) is 23.2 Å². The number of aliphatic hydroxyl groups is 1. The van der Waals surface area contributed by atoms with Gasteiger partial charge in [0.15, 0.2) is 0 Å². The van der Waals surface area contributed by atoms with Gasteiger partial charge in [-0.25, -0.2) is 0 Å². The highest BCUT2D eigenvalue weighted by molar-refractivity contribution is 5.79. The minimum Gasteiger partial charge on any atom is -0.394 e. The summed E-state index contributed by atoms with van der Waals surface area (Å²) in [5, 5.41) is 14.0. The zero-order chi connectivity index (χ0) is 13.0. The fourth-order valence-electron chi connectivity index (χ4n) is 1.98. The number of hydrogen-bond acceptors (Lipinski definition) is 3. The summed E-state index contributed by atoms with van der Waals surface area (Å²) >= 11 is 0. The average Bonchev–Trinajstić information content (AvgIpc) is 2.39. The van der Waals surface area contributed by atoms with Crippen molar-refractivity contribution in [2.24, 2.45) is 5.92 Å². The zero-order valence-electron chi connectivity index (χ0n) is 10.9. The molecule has 0 spiro atoms. The lowest BCUT2D eigenvalue weighted by Gasteiger charge is -2.18. The van der Waals surface area contributed by atoms with E-state index < -0.39 is 0 Å². The van der Waals surface area contributed by atoms with Crippen molar-refractivity contribution in [1.29, 1.82) is 0 Å². The number of nitrogens with zero attached hydrogens (tertiary/aromatic N) is 1. The first-order chi connectivity index (χ1) is 8.70. The molecule has 1 aromatic carbocycles. The molecule has 0 amide bonds. The summed E-state index contributed by atoms with van der Waals surface area (Å²) in [7, 11) is 0. The van der Waals surface area contributed by atoms with Crippen LogP contribution in [0.3, 0.4) is 0 Å². The Labute approximate surface area is 108 Å². The summed E-state index contributed by atoms with van der Waals surface area (Å²) in [6.07, 6.45) is 1.79. The van der Waals surface area contributed by atoms with Gasteiger partial charge in [0.1, 0.15) is 0 Å². The van der Waals surface area contributed by atoms with Crippen molar-refractivity contribution in [1.82, 2.24) is 10.3 Å². The maximum Gasteiger partial charge on any atom is 0.0702 e. The molecule has 96 valence electrons. The maximum atomic E-state index is 9.49. The van der Waals surface area contributed by atoms with Gasteiger partial charge in [-0.15, -0.1) is 0 Å². The van der Waals surface area contributed by atoms with Crippen LogP contribution in [0, 0.1) is 5.92 Å². The van der Waals surface area contributed by atoms with E-state index in [4.69, 9.17) is 0 Å². The third-order valence-corrected chi connectivity index (χ3v) is 2.98.